The molecule has 11 heteroatoms. The van der Waals surface area contributed by atoms with Gasteiger partial charge < -0.3 is 20.5 Å². The fourth-order valence-corrected chi connectivity index (χ4v) is 6.52. The van der Waals surface area contributed by atoms with Crippen molar-refractivity contribution in [3.8, 4) is 11.6 Å². The Kier molecular flexibility index (Phi) is 13.3. The molecule has 4 rings (SSSR count). The molecule has 3 aromatic carbocycles. The van der Waals surface area contributed by atoms with Crippen molar-refractivity contribution in [1.29, 1.82) is 0 Å². The van der Waals surface area contributed by atoms with Crippen molar-refractivity contribution in [2.24, 2.45) is 5.41 Å². The lowest BCUT2D eigenvalue weighted by Gasteiger charge is -2.33. The van der Waals surface area contributed by atoms with E-state index < -0.39 is 33.7 Å². The molecule has 0 saturated carbocycles. The minimum Gasteiger partial charge on any atom is -0.493 e. The third kappa shape index (κ3) is 9.45. The molecule has 1 atom stereocenters. The second-order valence-corrected chi connectivity index (χ2v) is 16.3. The normalized spacial score (nSPS) is 13.2. The van der Waals surface area contributed by atoms with Gasteiger partial charge in [-0.2, -0.15) is 0 Å². The van der Waals surface area contributed by atoms with Gasteiger partial charge in [0.1, 0.15) is 5.75 Å². The molecule has 1 aromatic heterocycles. The number of anilines is 1. The standard InChI is InChI=1S/C43H55ClN4O6/c1-9-40(3,4)31-23-24-34(33(26-31)41(5,6)10-2)54-25-17-22-35(49)45-29-42(7,8)37(51)43(44,38(52)46-32-20-15-12-16-21-32)48-36(50)28-47(39(48)53)27-30-18-13-11-14-19-30/h11-16,18-21,23-24,26,28,50H,9-10,17,22,25,27,29H2,1-8H3,(H,45,49)(H,46,52). The van der Waals surface area contributed by atoms with Crippen molar-refractivity contribution in [3.63, 3.8) is 0 Å². The monoisotopic (exact) mass is 758 g/mol. The second-order valence-electron chi connectivity index (χ2n) is 15.8. The number of hydrogen-bond donors (Lipinski definition) is 3. The number of para-hydroxylation sites is 1. The fraction of sp³-hybridized carbons (Fsp3) is 0.442. The van der Waals surface area contributed by atoms with Crippen LogP contribution in [0.4, 0.5) is 5.69 Å². The quantitative estimate of drug-likeness (QED) is 0.0538. The van der Waals surface area contributed by atoms with E-state index in [1.54, 1.807) is 54.6 Å². The SMILES string of the molecule is CCC(C)(C)c1ccc(OCCCC(=O)NCC(C)(C)C(=O)C(Cl)(C(=O)Nc2ccccc2)n2c(O)cn(Cc3ccccc3)c2=O)c(C(C)(C)CC)c1. The summed E-state index contributed by atoms with van der Waals surface area (Å²) in [5.74, 6) is -2.13. The Morgan fingerprint density at radius 1 is 0.852 bits per heavy atom. The zero-order valence-corrected chi connectivity index (χ0v) is 33.5. The largest absolute Gasteiger partial charge is 0.493 e. The van der Waals surface area contributed by atoms with E-state index in [9.17, 15) is 24.3 Å². The van der Waals surface area contributed by atoms with E-state index in [0.29, 0.717) is 23.3 Å². The van der Waals surface area contributed by atoms with Crippen LogP contribution in [0.3, 0.4) is 0 Å². The van der Waals surface area contributed by atoms with Crippen LogP contribution in [0.25, 0.3) is 0 Å². The Hall–Kier alpha value is -4.83. The summed E-state index contributed by atoms with van der Waals surface area (Å²) in [7, 11) is 0. The molecule has 10 nitrogen and oxygen atoms in total. The van der Waals surface area contributed by atoms with Gasteiger partial charge in [0.25, 0.3) is 10.9 Å². The molecule has 4 aromatic rings. The van der Waals surface area contributed by atoms with Gasteiger partial charge in [0.2, 0.25) is 11.8 Å². The highest BCUT2D eigenvalue weighted by Gasteiger charge is 2.54. The Labute approximate surface area is 323 Å². The van der Waals surface area contributed by atoms with E-state index in [2.05, 4.69) is 64.3 Å². The van der Waals surface area contributed by atoms with Gasteiger partial charge in [-0.25, -0.2) is 9.36 Å². The molecule has 0 aliphatic rings. The van der Waals surface area contributed by atoms with Crippen LogP contribution in [-0.4, -0.2) is 45.0 Å². The van der Waals surface area contributed by atoms with Gasteiger partial charge >= 0.3 is 5.69 Å². The van der Waals surface area contributed by atoms with Crippen LogP contribution in [0.2, 0.25) is 0 Å². The maximum Gasteiger partial charge on any atom is 0.333 e. The highest BCUT2D eigenvalue weighted by molar-refractivity contribution is 6.45. The Morgan fingerprint density at radius 3 is 2.07 bits per heavy atom. The van der Waals surface area contributed by atoms with Crippen molar-refractivity contribution in [2.75, 3.05) is 18.5 Å². The van der Waals surface area contributed by atoms with Gasteiger partial charge in [0.15, 0.2) is 5.78 Å². The van der Waals surface area contributed by atoms with Gasteiger partial charge in [0, 0.05) is 29.6 Å². The summed E-state index contributed by atoms with van der Waals surface area (Å²) in [6.45, 7) is 16.4. The van der Waals surface area contributed by atoms with Crippen LogP contribution in [-0.2, 0) is 36.8 Å². The molecule has 0 saturated heterocycles. The predicted molar refractivity (Wildman–Crippen MR) is 214 cm³/mol. The molecule has 3 N–H and O–H groups in total. The summed E-state index contributed by atoms with van der Waals surface area (Å²) in [4.78, 5) is 52.5. The van der Waals surface area contributed by atoms with Gasteiger partial charge in [-0.1, -0.05) is 128 Å². The van der Waals surface area contributed by atoms with Gasteiger partial charge in [-0.3, -0.25) is 19.0 Å². The molecule has 0 fully saturated rings. The highest BCUT2D eigenvalue weighted by Crippen LogP contribution is 2.39. The number of benzene rings is 3. The number of amides is 2. The van der Waals surface area contributed by atoms with Crippen molar-refractivity contribution >= 4 is 34.9 Å². The highest BCUT2D eigenvalue weighted by atomic mass is 35.5. The molecule has 290 valence electrons. The summed E-state index contributed by atoms with van der Waals surface area (Å²) >= 11 is 7.00. The Morgan fingerprint density at radius 2 is 1.46 bits per heavy atom. The molecule has 0 bridgehead atoms. The van der Waals surface area contributed by atoms with Crippen LogP contribution < -0.4 is 21.1 Å². The smallest absolute Gasteiger partial charge is 0.333 e. The minimum absolute atomic E-state index is 0.0307. The Bertz CT molecular complexity index is 1980. The second kappa shape index (κ2) is 17.1. The number of nitrogens with one attached hydrogen (secondary N) is 2. The fourth-order valence-electron chi connectivity index (χ4n) is 6.06. The molecule has 0 radical (unpaired) electrons. The predicted octanol–water partition coefficient (Wildman–Crippen LogP) is 7.88. The van der Waals surface area contributed by atoms with E-state index in [1.165, 1.54) is 24.0 Å². The van der Waals surface area contributed by atoms with E-state index in [4.69, 9.17) is 16.3 Å². The van der Waals surface area contributed by atoms with Crippen molar-refractivity contribution in [2.45, 2.75) is 103 Å². The van der Waals surface area contributed by atoms with Crippen molar-refractivity contribution in [3.05, 3.63) is 112 Å². The summed E-state index contributed by atoms with van der Waals surface area (Å²) < 4.78 is 8.01. The lowest BCUT2D eigenvalue weighted by Crippen LogP contribution is -2.57. The number of ether oxygens (including phenoxy) is 1. The maximum absolute atomic E-state index is 14.4. The van der Waals surface area contributed by atoms with Gasteiger partial charge in [-0.15, -0.1) is 0 Å². The average Bonchev–Trinajstić information content (AvgIpc) is 3.44. The Balaban J connectivity index is 1.49. The number of aromatic hydroxyl groups is 1. The zero-order chi connectivity index (χ0) is 39.9. The van der Waals surface area contributed by atoms with E-state index >= 15 is 0 Å². The molecule has 0 spiro atoms. The van der Waals surface area contributed by atoms with Crippen molar-refractivity contribution in [1.82, 2.24) is 14.5 Å². The molecule has 1 heterocycles. The first-order valence-electron chi connectivity index (χ1n) is 18.6. The average molecular weight is 759 g/mol. The van der Waals surface area contributed by atoms with E-state index in [1.807, 2.05) is 12.1 Å². The van der Waals surface area contributed by atoms with E-state index in [-0.39, 0.29) is 36.2 Å². The lowest BCUT2D eigenvalue weighted by atomic mass is 9.76. The number of alkyl halides is 1. The topological polar surface area (TPSA) is 132 Å². The van der Waals surface area contributed by atoms with Crippen LogP contribution in [0.15, 0.2) is 89.9 Å². The first-order valence-corrected chi connectivity index (χ1v) is 19.0. The number of carbonyl (C=O) groups is 3. The molecular formula is C43H55ClN4O6. The zero-order valence-electron chi connectivity index (χ0n) is 32.8. The first-order chi connectivity index (χ1) is 25.4. The van der Waals surface area contributed by atoms with Crippen molar-refractivity contribution < 1.29 is 24.2 Å². The molecule has 0 aliphatic heterocycles. The molecular weight excluding hydrogens is 704 g/mol. The summed E-state index contributed by atoms with van der Waals surface area (Å²) in [6.07, 6.45) is 3.62. The molecule has 1 unspecified atom stereocenters. The molecule has 0 aliphatic carbocycles. The number of aromatic nitrogens is 2. The lowest BCUT2D eigenvalue weighted by molar-refractivity contribution is -0.139. The number of carbonyl (C=O) groups excluding carboxylic acids is 3. The third-order valence-corrected chi connectivity index (χ3v) is 11.0. The number of ketones is 1. The molecule has 2 amide bonds. The van der Waals surface area contributed by atoms with Gasteiger partial charge in [-0.05, 0) is 59.4 Å². The maximum atomic E-state index is 14.4. The van der Waals surface area contributed by atoms with Crippen LogP contribution in [0.1, 0.15) is 97.8 Å². The number of hydrogen-bond acceptors (Lipinski definition) is 6. The summed E-state index contributed by atoms with van der Waals surface area (Å²) in [5.41, 5.74) is 1.07. The van der Waals surface area contributed by atoms with Gasteiger partial charge in [0.05, 0.1) is 19.3 Å². The third-order valence-electron chi connectivity index (χ3n) is 10.5. The summed E-state index contributed by atoms with van der Waals surface area (Å²) in [5, 5.41) is 16.5. The number of Topliss-reactive ketones (excluding diaryl/α,β-unsaturated/α-hetero) is 1. The van der Waals surface area contributed by atoms with E-state index in [0.717, 1.165) is 35.9 Å². The summed E-state index contributed by atoms with van der Waals surface area (Å²) in [6, 6.07) is 23.8. The number of rotatable bonds is 18. The minimum atomic E-state index is -2.72. The number of imidazole rings is 1. The molecule has 54 heavy (non-hydrogen) atoms. The first kappa shape index (κ1) is 41.9. The van der Waals surface area contributed by atoms with Crippen LogP contribution >= 0.6 is 11.6 Å². The number of nitrogens with zero attached hydrogens (tertiary/aromatic N) is 2. The van der Waals surface area contributed by atoms with Crippen LogP contribution in [0, 0.1) is 5.41 Å². The van der Waals surface area contributed by atoms with Crippen LogP contribution in [0.5, 0.6) is 11.6 Å². The number of halogens is 1.